The molecule has 106 valence electrons. The van der Waals surface area contributed by atoms with Gasteiger partial charge in [0.05, 0.1) is 7.11 Å². The van der Waals surface area contributed by atoms with Crippen LogP contribution >= 0.6 is 0 Å². The van der Waals surface area contributed by atoms with Crippen LogP contribution in [0.5, 0.6) is 11.5 Å². The van der Waals surface area contributed by atoms with Crippen molar-refractivity contribution in [1.29, 1.82) is 0 Å². The smallest absolute Gasteiger partial charge is 0.142 e. The second-order valence-corrected chi connectivity index (χ2v) is 4.95. The van der Waals surface area contributed by atoms with Gasteiger partial charge in [0.2, 0.25) is 0 Å². The van der Waals surface area contributed by atoms with E-state index in [1.165, 1.54) is 11.1 Å². The zero-order valence-electron chi connectivity index (χ0n) is 12.3. The van der Waals surface area contributed by atoms with Crippen LogP contribution in [0.2, 0.25) is 0 Å². The van der Waals surface area contributed by atoms with E-state index >= 15 is 0 Å². The van der Waals surface area contributed by atoms with Gasteiger partial charge in [-0.2, -0.15) is 0 Å². The molecule has 0 aliphatic heterocycles. The third-order valence-corrected chi connectivity index (χ3v) is 3.06. The summed E-state index contributed by atoms with van der Waals surface area (Å²) >= 11 is 0. The molecule has 2 rings (SSSR count). The third-order valence-electron chi connectivity index (χ3n) is 3.06. The molecular formula is C17H21NO2. The molecule has 0 aliphatic carbocycles. The maximum absolute atomic E-state index is 5.75. The molecule has 0 heterocycles. The van der Waals surface area contributed by atoms with Crippen LogP contribution in [0.3, 0.4) is 0 Å². The zero-order chi connectivity index (χ0) is 14.4. The summed E-state index contributed by atoms with van der Waals surface area (Å²) in [5.41, 5.74) is 2.45. The van der Waals surface area contributed by atoms with Crippen molar-refractivity contribution >= 4 is 0 Å². The fourth-order valence-corrected chi connectivity index (χ4v) is 1.95. The van der Waals surface area contributed by atoms with E-state index < -0.39 is 0 Å². The first-order chi connectivity index (χ1) is 9.67. The van der Waals surface area contributed by atoms with Crippen LogP contribution in [-0.4, -0.2) is 25.8 Å². The number of nitrogens with zero attached hydrogens (tertiary/aromatic N) is 1. The highest BCUT2D eigenvalue weighted by molar-refractivity contribution is 5.28. The molecule has 0 bridgehead atoms. The van der Waals surface area contributed by atoms with Crippen molar-refractivity contribution in [3.05, 3.63) is 59.7 Å². The molecule has 2 aromatic carbocycles. The first-order valence-corrected chi connectivity index (χ1v) is 6.68. The topological polar surface area (TPSA) is 21.7 Å². The van der Waals surface area contributed by atoms with Gasteiger partial charge in [-0.05, 0) is 43.8 Å². The fourth-order valence-electron chi connectivity index (χ4n) is 1.95. The van der Waals surface area contributed by atoms with Crippen LogP contribution in [0.1, 0.15) is 11.1 Å². The van der Waals surface area contributed by atoms with Crippen LogP contribution in [0, 0.1) is 6.92 Å². The molecule has 2 aromatic rings. The fraction of sp³-hybridized carbons (Fsp3) is 0.294. The largest absolute Gasteiger partial charge is 0.497 e. The van der Waals surface area contributed by atoms with Crippen LogP contribution < -0.4 is 9.47 Å². The molecule has 0 saturated carbocycles. The standard InChI is InChI=1S/C17H21NO2/c1-14-7-9-16(10-8-14)20-13-18(2)12-15-5-4-6-17(11-15)19-3/h4-11H,12-13H2,1-3H3. The summed E-state index contributed by atoms with van der Waals surface area (Å²) < 4.78 is 11.0. The third kappa shape index (κ3) is 4.28. The van der Waals surface area contributed by atoms with Crippen LogP contribution in [-0.2, 0) is 6.54 Å². The van der Waals surface area contributed by atoms with Gasteiger partial charge in [-0.3, -0.25) is 4.90 Å². The lowest BCUT2D eigenvalue weighted by molar-refractivity contribution is 0.147. The molecule has 0 atom stereocenters. The van der Waals surface area contributed by atoms with Crippen molar-refractivity contribution in [3.63, 3.8) is 0 Å². The Balaban J connectivity index is 1.85. The minimum Gasteiger partial charge on any atom is -0.497 e. The van der Waals surface area contributed by atoms with Gasteiger partial charge in [0, 0.05) is 6.54 Å². The monoisotopic (exact) mass is 271 g/mol. The molecule has 0 aromatic heterocycles. The summed E-state index contributed by atoms with van der Waals surface area (Å²) in [7, 11) is 3.72. The second kappa shape index (κ2) is 6.96. The molecular weight excluding hydrogens is 250 g/mol. The quantitative estimate of drug-likeness (QED) is 0.751. The highest BCUT2D eigenvalue weighted by Gasteiger charge is 2.02. The van der Waals surface area contributed by atoms with E-state index in [1.54, 1.807) is 7.11 Å². The van der Waals surface area contributed by atoms with E-state index in [0.29, 0.717) is 6.73 Å². The number of aryl methyl sites for hydroxylation is 1. The highest BCUT2D eigenvalue weighted by atomic mass is 16.5. The van der Waals surface area contributed by atoms with Gasteiger partial charge >= 0.3 is 0 Å². The van der Waals surface area contributed by atoms with E-state index in [2.05, 4.69) is 30.0 Å². The second-order valence-electron chi connectivity index (χ2n) is 4.95. The molecule has 0 fully saturated rings. The van der Waals surface area contributed by atoms with E-state index in [4.69, 9.17) is 9.47 Å². The van der Waals surface area contributed by atoms with E-state index in [-0.39, 0.29) is 0 Å². The molecule has 0 aliphatic rings. The molecule has 0 amide bonds. The number of methoxy groups -OCH3 is 1. The minimum atomic E-state index is 0.556. The lowest BCUT2D eigenvalue weighted by Gasteiger charge is -2.18. The first kappa shape index (κ1) is 14.4. The minimum absolute atomic E-state index is 0.556. The summed E-state index contributed by atoms with van der Waals surface area (Å²) in [6, 6.07) is 16.2. The Hall–Kier alpha value is -2.00. The molecule has 3 nitrogen and oxygen atoms in total. The van der Waals surface area contributed by atoms with Gasteiger partial charge in [0.25, 0.3) is 0 Å². The summed E-state index contributed by atoms with van der Waals surface area (Å²) in [5.74, 6) is 1.78. The summed E-state index contributed by atoms with van der Waals surface area (Å²) in [6.07, 6.45) is 0. The average molecular weight is 271 g/mol. The Bertz CT molecular complexity index is 537. The molecule has 3 heteroatoms. The predicted octanol–water partition coefficient (Wildman–Crippen LogP) is 3.47. The Kier molecular flexibility index (Phi) is 5.02. The van der Waals surface area contributed by atoms with Gasteiger partial charge in [0.15, 0.2) is 0 Å². The van der Waals surface area contributed by atoms with Gasteiger partial charge in [-0.25, -0.2) is 0 Å². The van der Waals surface area contributed by atoms with Gasteiger partial charge in [-0.15, -0.1) is 0 Å². The summed E-state index contributed by atoms with van der Waals surface area (Å²) in [6.45, 7) is 3.45. The Morgan fingerprint density at radius 2 is 1.75 bits per heavy atom. The van der Waals surface area contributed by atoms with Crippen LogP contribution in [0.4, 0.5) is 0 Å². The lowest BCUT2D eigenvalue weighted by Crippen LogP contribution is -2.23. The summed E-state index contributed by atoms with van der Waals surface area (Å²) in [5, 5.41) is 0. The SMILES string of the molecule is COc1cccc(CN(C)COc2ccc(C)cc2)c1. The number of ether oxygens (including phenoxy) is 2. The van der Waals surface area contributed by atoms with Crippen molar-refractivity contribution in [2.24, 2.45) is 0 Å². The normalized spacial score (nSPS) is 10.6. The van der Waals surface area contributed by atoms with Crippen molar-refractivity contribution in [1.82, 2.24) is 4.90 Å². The lowest BCUT2D eigenvalue weighted by atomic mass is 10.2. The predicted molar refractivity (Wildman–Crippen MR) is 81.1 cm³/mol. The van der Waals surface area contributed by atoms with Gasteiger partial charge in [0.1, 0.15) is 18.2 Å². The Labute approximate surface area is 120 Å². The maximum Gasteiger partial charge on any atom is 0.142 e. The molecule has 20 heavy (non-hydrogen) atoms. The number of rotatable bonds is 6. The van der Waals surface area contributed by atoms with Gasteiger partial charge in [-0.1, -0.05) is 29.8 Å². The zero-order valence-corrected chi connectivity index (χ0v) is 12.3. The van der Waals surface area contributed by atoms with Crippen molar-refractivity contribution in [2.45, 2.75) is 13.5 Å². The highest BCUT2D eigenvalue weighted by Crippen LogP contribution is 2.15. The number of benzene rings is 2. The van der Waals surface area contributed by atoms with E-state index in [0.717, 1.165) is 18.0 Å². The molecule has 0 spiro atoms. The van der Waals surface area contributed by atoms with Crippen molar-refractivity contribution in [2.75, 3.05) is 20.9 Å². The molecule has 0 N–H and O–H groups in total. The molecule has 0 saturated heterocycles. The number of hydrogen-bond donors (Lipinski definition) is 0. The molecule has 0 radical (unpaired) electrons. The van der Waals surface area contributed by atoms with E-state index in [9.17, 15) is 0 Å². The number of hydrogen-bond acceptors (Lipinski definition) is 3. The first-order valence-electron chi connectivity index (χ1n) is 6.68. The summed E-state index contributed by atoms with van der Waals surface area (Å²) in [4.78, 5) is 2.12. The Morgan fingerprint density at radius 3 is 2.45 bits per heavy atom. The molecule has 0 unspecified atom stereocenters. The van der Waals surface area contributed by atoms with E-state index in [1.807, 2.05) is 37.4 Å². The average Bonchev–Trinajstić information content (AvgIpc) is 2.47. The van der Waals surface area contributed by atoms with Gasteiger partial charge < -0.3 is 9.47 Å². The van der Waals surface area contributed by atoms with Crippen molar-refractivity contribution < 1.29 is 9.47 Å². The maximum atomic E-state index is 5.75. The Morgan fingerprint density at radius 1 is 1.00 bits per heavy atom. The van der Waals surface area contributed by atoms with Crippen LogP contribution in [0.25, 0.3) is 0 Å². The van der Waals surface area contributed by atoms with Crippen molar-refractivity contribution in [3.8, 4) is 11.5 Å². The van der Waals surface area contributed by atoms with Crippen LogP contribution in [0.15, 0.2) is 48.5 Å².